The molecule has 33 heavy (non-hydrogen) atoms. The standard InChI is InChI=1S/C26H26N6O/c1-4-17-10-6-7-12-21(17)32-19(13-18-11-8-9-16(3)22(18)26(32)33)14-31-25-23(20(5-2)30-31)24(27)28-15-29-25/h6-13,15H,4-5,14H2,1-3H3,(H2,27,28,29). The van der Waals surface area contributed by atoms with Crippen molar-refractivity contribution in [2.24, 2.45) is 0 Å². The molecule has 0 aliphatic rings. The van der Waals surface area contributed by atoms with Crippen LogP contribution in [0.25, 0.3) is 27.5 Å². The third-order valence-corrected chi connectivity index (χ3v) is 6.22. The molecule has 2 aromatic carbocycles. The van der Waals surface area contributed by atoms with E-state index in [1.165, 1.54) is 6.33 Å². The molecular formula is C26H26N6O. The highest BCUT2D eigenvalue weighted by Crippen LogP contribution is 2.25. The van der Waals surface area contributed by atoms with E-state index >= 15 is 0 Å². The first-order valence-electron chi connectivity index (χ1n) is 11.2. The van der Waals surface area contributed by atoms with Crippen molar-refractivity contribution in [1.82, 2.24) is 24.3 Å². The zero-order chi connectivity index (χ0) is 23.1. The van der Waals surface area contributed by atoms with Gasteiger partial charge in [0.2, 0.25) is 0 Å². The van der Waals surface area contributed by atoms with E-state index in [0.717, 1.165) is 50.8 Å². The molecule has 166 valence electrons. The summed E-state index contributed by atoms with van der Waals surface area (Å²) < 4.78 is 3.66. The molecule has 0 amide bonds. The first kappa shape index (κ1) is 20.9. The lowest BCUT2D eigenvalue weighted by Crippen LogP contribution is -2.25. The quantitative estimate of drug-likeness (QED) is 0.444. The lowest BCUT2D eigenvalue weighted by molar-refractivity contribution is 0.658. The summed E-state index contributed by atoms with van der Waals surface area (Å²) >= 11 is 0. The lowest BCUT2D eigenvalue weighted by atomic mass is 10.0. The number of aryl methyl sites for hydroxylation is 3. The highest BCUT2D eigenvalue weighted by molar-refractivity contribution is 5.88. The Morgan fingerprint density at radius 3 is 2.58 bits per heavy atom. The van der Waals surface area contributed by atoms with E-state index in [0.29, 0.717) is 24.4 Å². The fourth-order valence-electron chi connectivity index (χ4n) is 4.61. The van der Waals surface area contributed by atoms with Crippen LogP contribution in [0.1, 0.15) is 36.4 Å². The number of fused-ring (bicyclic) bond motifs is 2. The summed E-state index contributed by atoms with van der Waals surface area (Å²) in [5, 5.41) is 7.22. The summed E-state index contributed by atoms with van der Waals surface area (Å²) in [6, 6.07) is 16.1. The van der Waals surface area contributed by atoms with Crippen molar-refractivity contribution in [2.75, 3.05) is 5.73 Å². The van der Waals surface area contributed by atoms with Gasteiger partial charge in [-0.2, -0.15) is 5.10 Å². The van der Waals surface area contributed by atoms with Crippen molar-refractivity contribution in [3.8, 4) is 5.69 Å². The molecule has 0 radical (unpaired) electrons. The maximum Gasteiger partial charge on any atom is 0.263 e. The molecule has 5 rings (SSSR count). The third kappa shape index (κ3) is 3.36. The molecule has 0 atom stereocenters. The Hall–Kier alpha value is -4.00. The number of hydrogen-bond acceptors (Lipinski definition) is 5. The average Bonchev–Trinajstić information content (AvgIpc) is 3.18. The molecule has 5 aromatic rings. The van der Waals surface area contributed by atoms with Crippen LogP contribution in [-0.4, -0.2) is 24.3 Å². The molecular weight excluding hydrogens is 412 g/mol. The van der Waals surface area contributed by atoms with Gasteiger partial charge in [-0.25, -0.2) is 14.6 Å². The number of hydrogen-bond donors (Lipinski definition) is 1. The second-order valence-electron chi connectivity index (χ2n) is 8.21. The first-order chi connectivity index (χ1) is 16.0. The smallest absolute Gasteiger partial charge is 0.263 e. The van der Waals surface area contributed by atoms with Gasteiger partial charge in [0.25, 0.3) is 5.56 Å². The van der Waals surface area contributed by atoms with Crippen LogP contribution >= 0.6 is 0 Å². The molecule has 0 spiro atoms. The largest absolute Gasteiger partial charge is 0.383 e. The van der Waals surface area contributed by atoms with Crippen LogP contribution in [0.3, 0.4) is 0 Å². The number of nitrogen functional groups attached to an aromatic ring is 1. The van der Waals surface area contributed by atoms with Crippen LogP contribution in [0, 0.1) is 6.92 Å². The molecule has 3 heterocycles. The van der Waals surface area contributed by atoms with Crippen molar-refractivity contribution >= 4 is 27.6 Å². The molecule has 0 saturated heterocycles. The van der Waals surface area contributed by atoms with Gasteiger partial charge in [-0.3, -0.25) is 9.36 Å². The second kappa shape index (κ2) is 8.16. The summed E-state index contributed by atoms with van der Waals surface area (Å²) in [4.78, 5) is 22.5. The van der Waals surface area contributed by atoms with Crippen LogP contribution in [0.5, 0.6) is 0 Å². The Morgan fingerprint density at radius 2 is 1.79 bits per heavy atom. The van der Waals surface area contributed by atoms with E-state index in [-0.39, 0.29) is 5.56 Å². The van der Waals surface area contributed by atoms with Gasteiger partial charge in [0, 0.05) is 5.69 Å². The van der Waals surface area contributed by atoms with Crippen LogP contribution in [-0.2, 0) is 19.4 Å². The fraction of sp³-hybridized carbons (Fsp3) is 0.231. The van der Waals surface area contributed by atoms with E-state index in [1.807, 2.05) is 59.5 Å². The molecule has 0 aliphatic carbocycles. The molecule has 0 fully saturated rings. The Morgan fingerprint density at radius 1 is 0.970 bits per heavy atom. The van der Waals surface area contributed by atoms with Crippen LogP contribution in [0.4, 0.5) is 5.82 Å². The Kier molecular flexibility index (Phi) is 5.17. The number of anilines is 1. The summed E-state index contributed by atoms with van der Waals surface area (Å²) in [5.41, 5.74) is 11.5. The molecule has 7 heteroatoms. The fourth-order valence-corrected chi connectivity index (χ4v) is 4.61. The Bertz CT molecular complexity index is 1560. The van der Waals surface area contributed by atoms with Crippen molar-refractivity contribution in [3.63, 3.8) is 0 Å². The maximum absolute atomic E-state index is 13.9. The average molecular weight is 439 g/mol. The van der Waals surface area contributed by atoms with E-state index in [1.54, 1.807) is 0 Å². The minimum Gasteiger partial charge on any atom is -0.383 e. The number of benzene rings is 2. The Labute approximate surface area is 191 Å². The van der Waals surface area contributed by atoms with Gasteiger partial charge in [-0.1, -0.05) is 50.2 Å². The third-order valence-electron chi connectivity index (χ3n) is 6.22. The summed E-state index contributed by atoms with van der Waals surface area (Å²) in [7, 11) is 0. The molecule has 3 aromatic heterocycles. The van der Waals surface area contributed by atoms with E-state index < -0.39 is 0 Å². The van der Waals surface area contributed by atoms with Gasteiger partial charge in [0.1, 0.15) is 12.1 Å². The summed E-state index contributed by atoms with van der Waals surface area (Å²) in [6.07, 6.45) is 2.99. The van der Waals surface area contributed by atoms with Crippen molar-refractivity contribution in [2.45, 2.75) is 40.2 Å². The van der Waals surface area contributed by atoms with E-state index in [9.17, 15) is 4.79 Å². The summed E-state index contributed by atoms with van der Waals surface area (Å²) in [6.45, 7) is 6.49. The van der Waals surface area contributed by atoms with Crippen molar-refractivity contribution < 1.29 is 0 Å². The zero-order valence-corrected chi connectivity index (χ0v) is 19.0. The lowest BCUT2D eigenvalue weighted by Gasteiger charge is -2.18. The molecule has 0 bridgehead atoms. The predicted octanol–water partition coefficient (Wildman–Crippen LogP) is 4.19. The van der Waals surface area contributed by atoms with Gasteiger partial charge in [-0.15, -0.1) is 0 Å². The molecule has 0 aliphatic heterocycles. The summed E-state index contributed by atoms with van der Waals surface area (Å²) in [5.74, 6) is 0.422. The minimum absolute atomic E-state index is 0.0252. The van der Waals surface area contributed by atoms with Gasteiger partial charge < -0.3 is 5.73 Å². The normalized spacial score (nSPS) is 11.5. The van der Waals surface area contributed by atoms with E-state index in [2.05, 4.69) is 29.0 Å². The molecule has 2 N–H and O–H groups in total. The SMILES string of the molecule is CCc1ccccc1-n1c(Cn2nc(CC)c3c(N)ncnc32)cc2cccc(C)c2c1=O. The van der Waals surface area contributed by atoms with Gasteiger partial charge in [-0.05, 0) is 48.4 Å². The number of para-hydroxylation sites is 1. The van der Waals surface area contributed by atoms with E-state index in [4.69, 9.17) is 10.8 Å². The highest BCUT2D eigenvalue weighted by Gasteiger charge is 2.19. The molecule has 0 saturated carbocycles. The molecule has 0 unspecified atom stereocenters. The molecule has 7 nitrogen and oxygen atoms in total. The second-order valence-corrected chi connectivity index (χ2v) is 8.21. The van der Waals surface area contributed by atoms with Gasteiger partial charge in [0.05, 0.1) is 28.7 Å². The van der Waals surface area contributed by atoms with Crippen LogP contribution < -0.4 is 11.3 Å². The van der Waals surface area contributed by atoms with Crippen LogP contribution in [0.2, 0.25) is 0 Å². The number of nitrogens with two attached hydrogens (primary N) is 1. The van der Waals surface area contributed by atoms with Crippen molar-refractivity contribution in [3.05, 3.63) is 87.7 Å². The number of nitrogens with zero attached hydrogens (tertiary/aromatic N) is 5. The predicted molar refractivity (Wildman–Crippen MR) is 132 cm³/mol. The topological polar surface area (TPSA) is 91.6 Å². The van der Waals surface area contributed by atoms with Crippen molar-refractivity contribution in [1.29, 1.82) is 0 Å². The number of pyridine rings is 1. The zero-order valence-electron chi connectivity index (χ0n) is 19.0. The van der Waals surface area contributed by atoms with Gasteiger partial charge in [0.15, 0.2) is 5.65 Å². The Balaban J connectivity index is 1.81. The maximum atomic E-state index is 13.9. The number of aromatic nitrogens is 5. The highest BCUT2D eigenvalue weighted by atomic mass is 16.1. The van der Waals surface area contributed by atoms with Gasteiger partial charge >= 0.3 is 0 Å². The minimum atomic E-state index is -0.0252. The number of rotatable bonds is 5. The monoisotopic (exact) mass is 438 g/mol. The van der Waals surface area contributed by atoms with Crippen LogP contribution in [0.15, 0.2) is 59.7 Å². The first-order valence-corrected chi connectivity index (χ1v) is 11.2.